The molecular formula is C12H25N. The first-order valence-corrected chi connectivity index (χ1v) is 5.83. The SMILES string of the molecule is CCC1CCNC1(C)CCC(C)C. The third-order valence-corrected chi connectivity index (χ3v) is 3.66. The minimum Gasteiger partial charge on any atom is -0.311 e. The molecule has 2 atom stereocenters. The molecule has 1 rings (SSSR count). The van der Waals surface area contributed by atoms with E-state index in [2.05, 4.69) is 33.0 Å². The van der Waals surface area contributed by atoms with Gasteiger partial charge < -0.3 is 5.32 Å². The van der Waals surface area contributed by atoms with Crippen LogP contribution in [0, 0.1) is 11.8 Å². The highest BCUT2D eigenvalue weighted by Gasteiger charge is 2.36. The Bertz CT molecular complexity index is 153. The Morgan fingerprint density at radius 3 is 2.69 bits per heavy atom. The highest BCUT2D eigenvalue weighted by atomic mass is 15.0. The Morgan fingerprint density at radius 2 is 2.15 bits per heavy atom. The summed E-state index contributed by atoms with van der Waals surface area (Å²) in [4.78, 5) is 0. The lowest BCUT2D eigenvalue weighted by Crippen LogP contribution is -2.41. The van der Waals surface area contributed by atoms with Gasteiger partial charge in [-0.1, -0.05) is 27.2 Å². The average Bonchev–Trinajstić information content (AvgIpc) is 2.44. The van der Waals surface area contributed by atoms with Crippen LogP contribution in [0.3, 0.4) is 0 Å². The maximum absolute atomic E-state index is 3.69. The van der Waals surface area contributed by atoms with Gasteiger partial charge in [-0.15, -0.1) is 0 Å². The largest absolute Gasteiger partial charge is 0.311 e. The van der Waals surface area contributed by atoms with E-state index in [4.69, 9.17) is 0 Å². The predicted octanol–water partition coefficient (Wildman–Crippen LogP) is 3.20. The summed E-state index contributed by atoms with van der Waals surface area (Å²) in [6.45, 7) is 10.6. The van der Waals surface area contributed by atoms with Crippen LogP contribution < -0.4 is 5.32 Å². The van der Waals surface area contributed by atoms with Crippen molar-refractivity contribution in [2.24, 2.45) is 11.8 Å². The molecule has 1 aliphatic rings. The molecule has 2 unspecified atom stereocenters. The fourth-order valence-corrected chi connectivity index (χ4v) is 2.53. The minimum atomic E-state index is 0.443. The standard InChI is InChI=1S/C12H25N/c1-5-11-7-9-13-12(11,4)8-6-10(2)3/h10-11,13H,5-9H2,1-4H3. The van der Waals surface area contributed by atoms with Gasteiger partial charge >= 0.3 is 0 Å². The van der Waals surface area contributed by atoms with Crippen LogP contribution >= 0.6 is 0 Å². The topological polar surface area (TPSA) is 12.0 Å². The van der Waals surface area contributed by atoms with Gasteiger partial charge in [0.05, 0.1) is 0 Å². The molecule has 0 bridgehead atoms. The third kappa shape index (κ3) is 2.70. The zero-order valence-electron chi connectivity index (χ0n) is 9.69. The number of rotatable bonds is 4. The molecule has 1 aliphatic heterocycles. The normalized spacial score (nSPS) is 34.4. The molecule has 0 aromatic heterocycles. The average molecular weight is 183 g/mol. The third-order valence-electron chi connectivity index (χ3n) is 3.66. The lowest BCUT2D eigenvalue weighted by molar-refractivity contribution is 0.259. The lowest BCUT2D eigenvalue weighted by Gasteiger charge is -2.32. The summed E-state index contributed by atoms with van der Waals surface area (Å²) in [6.07, 6.45) is 5.43. The van der Waals surface area contributed by atoms with Crippen LogP contribution in [0.4, 0.5) is 0 Å². The Labute approximate surface area is 83.3 Å². The first-order valence-electron chi connectivity index (χ1n) is 5.83. The molecule has 0 saturated carbocycles. The van der Waals surface area contributed by atoms with Crippen molar-refractivity contribution in [3.8, 4) is 0 Å². The lowest BCUT2D eigenvalue weighted by atomic mass is 9.80. The molecule has 13 heavy (non-hydrogen) atoms. The van der Waals surface area contributed by atoms with Crippen LogP contribution in [-0.2, 0) is 0 Å². The van der Waals surface area contributed by atoms with Gasteiger partial charge in [-0.25, -0.2) is 0 Å². The van der Waals surface area contributed by atoms with Gasteiger partial charge in [-0.05, 0) is 44.6 Å². The molecule has 0 aliphatic carbocycles. The van der Waals surface area contributed by atoms with Crippen LogP contribution in [0.15, 0.2) is 0 Å². The van der Waals surface area contributed by atoms with Crippen molar-refractivity contribution in [3.63, 3.8) is 0 Å². The number of hydrogen-bond acceptors (Lipinski definition) is 1. The zero-order valence-corrected chi connectivity index (χ0v) is 9.69. The Hall–Kier alpha value is -0.0400. The summed E-state index contributed by atoms with van der Waals surface area (Å²) >= 11 is 0. The molecular weight excluding hydrogens is 158 g/mol. The van der Waals surface area contributed by atoms with E-state index in [1.54, 1.807) is 0 Å². The summed E-state index contributed by atoms with van der Waals surface area (Å²) in [6, 6.07) is 0. The van der Waals surface area contributed by atoms with Crippen LogP contribution in [0.2, 0.25) is 0 Å². The van der Waals surface area contributed by atoms with Gasteiger partial charge in [0.2, 0.25) is 0 Å². The summed E-state index contributed by atoms with van der Waals surface area (Å²) in [7, 11) is 0. The first kappa shape index (κ1) is 11.0. The Kier molecular flexibility index (Phi) is 3.78. The Morgan fingerprint density at radius 1 is 1.46 bits per heavy atom. The fourth-order valence-electron chi connectivity index (χ4n) is 2.53. The maximum Gasteiger partial charge on any atom is 0.0181 e. The second kappa shape index (κ2) is 4.45. The Balaban J connectivity index is 2.43. The van der Waals surface area contributed by atoms with E-state index in [1.165, 1.54) is 32.2 Å². The molecule has 0 radical (unpaired) electrons. The zero-order chi connectivity index (χ0) is 9.90. The van der Waals surface area contributed by atoms with Gasteiger partial charge in [0.15, 0.2) is 0 Å². The van der Waals surface area contributed by atoms with Crippen molar-refractivity contribution in [2.45, 2.75) is 58.9 Å². The molecule has 0 aromatic rings. The van der Waals surface area contributed by atoms with E-state index < -0.39 is 0 Å². The van der Waals surface area contributed by atoms with Crippen molar-refractivity contribution in [3.05, 3.63) is 0 Å². The molecule has 1 saturated heterocycles. The van der Waals surface area contributed by atoms with E-state index in [-0.39, 0.29) is 0 Å². The maximum atomic E-state index is 3.69. The number of nitrogens with one attached hydrogen (secondary N) is 1. The van der Waals surface area contributed by atoms with Crippen LogP contribution in [0.5, 0.6) is 0 Å². The fraction of sp³-hybridized carbons (Fsp3) is 1.00. The number of hydrogen-bond donors (Lipinski definition) is 1. The van der Waals surface area contributed by atoms with E-state index in [1.807, 2.05) is 0 Å². The van der Waals surface area contributed by atoms with Gasteiger partial charge in [-0.3, -0.25) is 0 Å². The summed E-state index contributed by atoms with van der Waals surface area (Å²) in [5.41, 5.74) is 0.443. The second-order valence-electron chi connectivity index (χ2n) is 5.17. The first-order chi connectivity index (χ1) is 6.08. The molecule has 0 spiro atoms. The van der Waals surface area contributed by atoms with Crippen molar-refractivity contribution in [1.29, 1.82) is 0 Å². The predicted molar refractivity (Wildman–Crippen MR) is 58.9 cm³/mol. The monoisotopic (exact) mass is 183 g/mol. The molecule has 1 fully saturated rings. The van der Waals surface area contributed by atoms with Crippen molar-refractivity contribution in [2.75, 3.05) is 6.54 Å². The summed E-state index contributed by atoms with van der Waals surface area (Å²) < 4.78 is 0. The van der Waals surface area contributed by atoms with Gasteiger partial charge in [0.25, 0.3) is 0 Å². The van der Waals surface area contributed by atoms with Gasteiger partial charge in [0, 0.05) is 5.54 Å². The van der Waals surface area contributed by atoms with Crippen LogP contribution in [0.25, 0.3) is 0 Å². The molecule has 1 heterocycles. The van der Waals surface area contributed by atoms with E-state index in [0.29, 0.717) is 5.54 Å². The molecule has 1 nitrogen and oxygen atoms in total. The van der Waals surface area contributed by atoms with Gasteiger partial charge in [0.1, 0.15) is 0 Å². The van der Waals surface area contributed by atoms with Crippen molar-refractivity contribution >= 4 is 0 Å². The van der Waals surface area contributed by atoms with Crippen molar-refractivity contribution in [1.82, 2.24) is 5.32 Å². The smallest absolute Gasteiger partial charge is 0.0181 e. The van der Waals surface area contributed by atoms with Gasteiger partial charge in [-0.2, -0.15) is 0 Å². The van der Waals surface area contributed by atoms with E-state index in [9.17, 15) is 0 Å². The molecule has 1 N–H and O–H groups in total. The van der Waals surface area contributed by atoms with Crippen LogP contribution in [0.1, 0.15) is 53.4 Å². The highest BCUT2D eigenvalue weighted by Crippen LogP contribution is 2.33. The molecule has 78 valence electrons. The summed E-state index contributed by atoms with van der Waals surface area (Å²) in [5, 5.41) is 3.69. The molecule has 0 amide bonds. The minimum absolute atomic E-state index is 0.443. The van der Waals surface area contributed by atoms with Crippen molar-refractivity contribution < 1.29 is 0 Å². The molecule has 1 heteroatoms. The summed E-state index contributed by atoms with van der Waals surface area (Å²) in [5.74, 6) is 1.75. The van der Waals surface area contributed by atoms with Crippen LogP contribution in [-0.4, -0.2) is 12.1 Å². The van der Waals surface area contributed by atoms with E-state index >= 15 is 0 Å². The second-order valence-corrected chi connectivity index (χ2v) is 5.17. The highest BCUT2D eigenvalue weighted by molar-refractivity contribution is 4.95. The quantitative estimate of drug-likeness (QED) is 0.706. The molecule has 0 aromatic carbocycles. The van der Waals surface area contributed by atoms with E-state index in [0.717, 1.165) is 11.8 Å².